The van der Waals surface area contributed by atoms with Gasteiger partial charge in [-0.15, -0.1) is 11.3 Å². The van der Waals surface area contributed by atoms with Gasteiger partial charge in [0.2, 0.25) is 5.28 Å². The van der Waals surface area contributed by atoms with Gasteiger partial charge in [0.25, 0.3) is 0 Å². The van der Waals surface area contributed by atoms with Gasteiger partial charge in [-0.2, -0.15) is 0 Å². The largest absolute Gasteiger partial charge is 0.444 e. The molecule has 1 saturated heterocycles. The third-order valence-electron chi connectivity index (χ3n) is 5.04. The number of likely N-dealkylation sites (tertiary alicyclic amines) is 1. The second kappa shape index (κ2) is 10.1. The van der Waals surface area contributed by atoms with Crippen molar-refractivity contribution in [2.45, 2.75) is 65.1 Å². The van der Waals surface area contributed by atoms with E-state index in [2.05, 4.69) is 33.9 Å². The fraction of sp³-hybridized carbons (Fsp3) is 0.591. The highest BCUT2D eigenvalue weighted by Gasteiger charge is 2.29. The van der Waals surface area contributed by atoms with Crippen LogP contribution >= 0.6 is 22.9 Å². The molecule has 164 valence electrons. The average Bonchev–Trinajstić information content (AvgIpc) is 3.15. The van der Waals surface area contributed by atoms with Crippen LogP contribution in [0.25, 0.3) is 10.6 Å². The number of hydrogen-bond acceptors (Lipinski definition) is 6. The molecule has 0 atom stereocenters. The number of hydrogen-bond donors (Lipinski definition) is 0. The molecule has 3 heterocycles. The first-order valence-electron chi connectivity index (χ1n) is 10.5. The van der Waals surface area contributed by atoms with Gasteiger partial charge in [-0.25, -0.2) is 14.8 Å². The molecule has 6 nitrogen and oxygen atoms in total. The maximum Gasteiger partial charge on any atom is 0.410 e. The van der Waals surface area contributed by atoms with Gasteiger partial charge in [0.1, 0.15) is 5.60 Å². The Morgan fingerprint density at radius 1 is 1.30 bits per heavy atom. The van der Waals surface area contributed by atoms with E-state index < -0.39 is 5.60 Å². The van der Waals surface area contributed by atoms with Crippen molar-refractivity contribution in [3.63, 3.8) is 0 Å². The molecule has 0 aromatic carbocycles. The highest BCUT2D eigenvalue weighted by Crippen LogP contribution is 2.29. The normalized spacial score (nSPS) is 15.6. The third-order valence-corrected chi connectivity index (χ3v) is 6.32. The Kier molecular flexibility index (Phi) is 7.71. The number of carbonyl (C=O) groups excluding carboxylic acids is 1. The van der Waals surface area contributed by atoms with Gasteiger partial charge in [-0.1, -0.05) is 6.92 Å². The molecule has 8 heteroatoms. The Labute approximate surface area is 188 Å². The van der Waals surface area contributed by atoms with Crippen molar-refractivity contribution in [2.24, 2.45) is 0 Å². The van der Waals surface area contributed by atoms with Crippen molar-refractivity contribution >= 4 is 29.0 Å². The second-order valence-electron chi connectivity index (χ2n) is 8.65. The van der Waals surface area contributed by atoms with Gasteiger partial charge in [0.15, 0.2) is 0 Å². The van der Waals surface area contributed by atoms with E-state index in [0.717, 1.165) is 56.0 Å². The van der Waals surface area contributed by atoms with Gasteiger partial charge in [0.05, 0.1) is 10.6 Å². The van der Waals surface area contributed by atoms with E-state index in [1.807, 2.05) is 31.7 Å². The molecule has 0 spiro atoms. The average molecular weight is 451 g/mol. The SMILES string of the molecule is CCCN(Cc1ccc(-c2ccnc(Cl)n2)s1)C1CCN(C(=O)OC(C)(C)C)CC1. The molecule has 0 saturated carbocycles. The number of thiophene rings is 1. The van der Waals surface area contributed by atoms with Gasteiger partial charge >= 0.3 is 6.09 Å². The number of piperidine rings is 1. The molecule has 0 aliphatic carbocycles. The topological polar surface area (TPSA) is 58.6 Å². The van der Waals surface area contributed by atoms with Crippen molar-refractivity contribution in [2.75, 3.05) is 19.6 Å². The number of nitrogens with zero attached hydrogens (tertiary/aromatic N) is 4. The molecular formula is C22H31ClN4O2S. The van der Waals surface area contributed by atoms with Gasteiger partial charge in [-0.3, -0.25) is 4.90 Å². The monoisotopic (exact) mass is 450 g/mol. The van der Waals surface area contributed by atoms with Crippen molar-refractivity contribution < 1.29 is 9.53 Å². The second-order valence-corrected chi connectivity index (χ2v) is 10.2. The molecule has 2 aromatic rings. The smallest absolute Gasteiger partial charge is 0.410 e. The Balaban J connectivity index is 1.60. The van der Waals surface area contributed by atoms with Crippen molar-refractivity contribution in [1.82, 2.24) is 19.8 Å². The summed E-state index contributed by atoms with van der Waals surface area (Å²) in [6.07, 6.45) is 4.53. The molecular weight excluding hydrogens is 420 g/mol. The molecule has 30 heavy (non-hydrogen) atoms. The van der Waals surface area contributed by atoms with Crippen LogP contribution in [0.5, 0.6) is 0 Å². The van der Waals surface area contributed by atoms with Crippen LogP contribution in [-0.2, 0) is 11.3 Å². The van der Waals surface area contributed by atoms with Crippen LogP contribution in [0.15, 0.2) is 24.4 Å². The summed E-state index contributed by atoms with van der Waals surface area (Å²) in [4.78, 5) is 27.4. The Hall–Kier alpha value is -1.70. The van der Waals surface area contributed by atoms with Gasteiger partial charge < -0.3 is 9.64 Å². The fourth-order valence-corrected chi connectivity index (χ4v) is 4.84. The minimum atomic E-state index is -0.451. The lowest BCUT2D eigenvalue weighted by Gasteiger charge is -2.38. The number of rotatable bonds is 6. The van der Waals surface area contributed by atoms with Crippen LogP contribution in [0.4, 0.5) is 4.79 Å². The lowest BCUT2D eigenvalue weighted by atomic mass is 10.0. The standard InChI is InChI=1S/C22H31ClN4O2S/c1-5-12-27(16-9-13-26(14-10-16)21(28)29-22(2,3)4)15-17-6-7-19(30-17)18-8-11-24-20(23)25-18/h6-8,11,16H,5,9-10,12-15H2,1-4H3. The van der Waals surface area contributed by atoms with E-state index in [1.165, 1.54) is 4.88 Å². The van der Waals surface area contributed by atoms with E-state index in [9.17, 15) is 4.79 Å². The van der Waals surface area contributed by atoms with Crippen molar-refractivity contribution in [1.29, 1.82) is 0 Å². The predicted octanol–water partition coefficient (Wildman–Crippen LogP) is 5.47. The molecule has 3 rings (SSSR count). The molecule has 1 aliphatic heterocycles. The summed E-state index contributed by atoms with van der Waals surface area (Å²) in [7, 11) is 0. The molecule has 1 amide bonds. The van der Waals surface area contributed by atoms with Crippen LogP contribution in [0, 0.1) is 0 Å². The zero-order chi connectivity index (χ0) is 21.7. The molecule has 0 radical (unpaired) electrons. The van der Waals surface area contributed by atoms with E-state index in [1.54, 1.807) is 17.5 Å². The summed E-state index contributed by atoms with van der Waals surface area (Å²) < 4.78 is 5.52. The number of carbonyl (C=O) groups is 1. The van der Waals surface area contributed by atoms with Crippen LogP contribution in [0.3, 0.4) is 0 Å². The summed E-state index contributed by atoms with van der Waals surface area (Å²) in [5, 5.41) is 0.270. The quantitative estimate of drug-likeness (QED) is 0.546. The highest BCUT2D eigenvalue weighted by molar-refractivity contribution is 7.15. The summed E-state index contributed by atoms with van der Waals surface area (Å²) in [5.74, 6) is 0. The van der Waals surface area contributed by atoms with Crippen molar-refractivity contribution in [3.05, 3.63) is 34.6 Å². The Bertz CT molecular complexity index is 844. The predicted molar refractivity (Wildman–Crippen MR) is 122 cm³/mol. The van der Waals surface area contributed by atoms with E-state index >= 15 is 0 Å². The zero-order valence-corrected chi connectivity index (χ0v) is 19.8. The first-order chi connectivity index (χ1) is 14.2. The van der Waals surface area contributed by atoms with Crippen LogP contribution in [-0.4, -0.2) is 57.1 Å². The molecule has 1 fully saturated rings. The number of halogens is 1. The lowest BCUT2D eigenvalue weighted by Crippen LogP contribution is -2.47. The Morgan fingerprint density at radius 2 is 2.03 bits per heavy atom. The molecule has 0 unspecified atom stereocenters. The Morgan fingerprint density at radius 3 is 2.67 bits per heavy atom. The zero-order valence-electron chi connectivity index (χ0n) is 18.2. The van der Waals surface area contributed by atoms with Gasteiger partial charge in [0, 0.05) is 36.8 Å². The molecule has 0 N–H and O–H groups in total. The number of aromatic nitrogens is 2. The van der Waals surface area contributed by atoms with Crippen LogP contribution < -0.4 is 0 Å². The van der Waals surface area contributed by atoms with Crippen LogP contribution in [0.1, 0.15) is 51.8 Å². The maximum atomic E-state index is 12.3. The number of amides is 1. The number of ether oxygens (including phenoxy) is 1. The molecule has 2 aromatic heterocycles. The van der Waals surface area contributed by atoms with E-state index in [4.69, 9.17) is 16.3 Å². The first kappa shape index (κ1) is 23.0. The highest BCUT2D eigenvalue weighted by atomic mass is 35.5. The van der Waals surface area contributed by atoms with E-state index in [-0.39, 0.29) is 11.4 Å². The first-order valence-corrected chi connectivity index (χ1v) is 11.7. The molecule has 1 aliphatic rings. The van der Waals surface area contributed by atoms with E-state index in [0.29, 0.717) is 6.04 Å². The minimum absolute atomic E-state index is 0.200. The minimum Gasteiger partial charge on any atom is -0.444 e. The summed E-state index contributed by atoms with van der Waals surface area (Å²) in [6, 6.07) is 6.64. The van der Waals surface area contributed by atoms with Gasteiger partial charge in [-0.05, 0) is 76.4 Å². The maximum absolute atomic E-state index is 12.3. The van der Waals surface area contributed by atoms with Crippen molar-refractivity contribution in [3.8, 4) is 10.6 Å². The van der Waals surface area contributed by atoms with Crippen LogP contribution in [0.2, 0.25) is 5.28 Å². The molecule has 0 bridgehead atoms. The fourth-order valence-electron chi connectivity index (χ4n) is 3.69. The lowest BCUT2D eigenvalue weighted by molar-refractivity contribution is 0.0138. The summed E-state index contributed by atoms with van der Waals surface area (Å²) in [5.41, 5.74) is 0.409. The summed E-state index contributed by atoms with van der Waals surface area (Å²) in [6.45, 7) is 11.4. The summed E-state index contributed by atoms with van der Waals surface area (Å²) >= 11 is 7.68. The third kappa shape index (κ3) is 6.40.